The molecule has 0 aliphatic heterocycles. The molecule has 3 aromatic rings. The molecule has 1 aromatic heterocycles. The number of hydrogen-bond donors (Lipinski definition) is 0. The molecule has 5 nitrogen and oxygen atoms in total. The first-order valence-electron chi connectivity index (χ1n) is 8.78. The number of rotatable bonds is 6. The minimum Gasteiger partial charge on any atom is -0.487 e. The van der Waals surface area contributed by atoms with Crippen molar-refractivity contribution < 1.29 is 18.7 Å². The van der Waals surface area contributed by atoms with Crippen molar-refractivity contribution >= 4 is 5.97 Å². The van der Waals surface area contributed by atoms with E-state index in [-0.39, 0.29) is 12.2 Å². The van der Waals surface area contributed by atoms with E-state index in [4.69, 9.17) is 4.74 Å². The fourth-order valence-corrected chi connectivity index (χ4v) is 2.92. The van der Waals surface area contributed by atoms with Gasteiger partial charge in [0.15, 0.2) is 0 Å². The molecule has 2 aromatic carbocycles. The lowest BCUT2D eigenvalue weighted by Gasteiger charge is -2.14. The van der Waals surface area contributed by atoms with E-state index >= 15 is 0 Å². The monoisotopic (exact) mass is 366 g/mol. The molecule has 1 heterocycles. The highest BCUT2D eigenvalue weighted by Gasteiger charge is 2.26. The molecule has 1 aliphatic rings. The molecule has 0 unspecified atom stereocenters. The standard InChI is InChI=1S/C21H19FN2O3/c1-26-21(25)16-9-19(24-11-18(23-13-24)15-7-8-15)20(10-17(16)22)27-12-14-5-3-2-4-6-14/h2-6,9-11,13,15H,7-8,12H2,1H3. The zero-order valence-corrected chi connectivity index (χ0v) is 14.9. The number of benzene rings is 2. The van der Waals surface area contributed by atoms with E-state index in [9.17, 15) is 9.18 Å². The van der Waals surface area contributed by atoms with Crippen molar-refractivity contribution in [1.29, 1.82) is 0 Å². The molecule has 0 amide bonds. The summed E-state index contributed by atoms with van der Waals surface area (Å²) in [7, 11) is 1.23. The van der Waals surface area contributed by atoms with E-state index < -0.39 is 11.8 Å². The number of carbonyl (C=O) groups excluding carboxylic acids is 1. The minimum absolute atomic E-state index is 0.138. The Balaban J connectivity index is 1.71. The number of aromatic nitrogens is 2. The van der Waals surface area contributed by atoms with Crippen LogP contribution in [0.5, 0.6) is 5.75 Å². The number of hydrogen-bond acceptors (Lipinski definition) is 4. The van der Waals surface area contributed by atoms with Crippen LogP contribution in [-0.2, 0) is 11.3 Å². The van der Waals surface area contributed by atoms with Gasteiger partial charge in [0.05, 0.1) is 30.4 Å². The third-order valence-corrected chi connectivity index (χ3v) is 4.57. The summed E-state index contributed by atoms with van der Waals surface area (Å²) in [5.74, 6) is -0.591. The van der Waals surface area contributed by atoms with Gasteiger partial charge in [-0.25, -0.2) is 14.2 Å². The van der Waals surface area contributed by atoms with E-state index in [0.717, 1.165) is 24.1 Å². The summed E-state index contributed by atoms with van der Waals surface area (Å²) in [6.45, 7) is 0.287. The molecular formula is C21H19FN2O3. The molecule has 1 fully saturated rings. The Morgan fingerprint density at radius 3 is 2.74 bits per heavy atom. The summed E-state index contributed by atoms with van der Waals surface area (Å²) in [5, 5.41) is 0. The van der Waals surface area contributed by atoms with Crippen LogP contribution in [0.3, 0.4) is 0 Å². The molecule has 0 atom stereocenters. The van der Waals surface area contributed by atoms with E-state index in [2.05, 4.69) is 9.72 Å². The number of nitrogens with zero attached hydrogens (tertiary/aromatic N) is 2. The van der Waals surface area contributed by atoms with Crippen molar-refractivity contribution in [2.24, 2.45) is 0 Å². The first-order chi connectivity index (χ1) is 13.2. The van der Waals surface area contributed by atoms with Gasteiger partial charge in [0.1, 0.15) is 18.2 Å². The molecule has 0 radical (unpaired) electrons. The highest BCUT2D eigenvalue weighted by Crippen LogP contribution is 2.39. The van der Waals surface area contributed by atoms with E-state index in [1.165, 1.54) is 19.2 Å². The van der Waals surface area contributed by atoms with Crippen LogP contribution in [0.1, 0.15) is 40.4 Å². The van der Waals surface area contributed by atoms with Crippen LogP contribution < -0.4 is 4.74 Å². The van der Waals surface area contributed by atoms with Crippen LogP contribution in [0.4, 0.5) is 4.39 Å². The molecule has 0 spiro atoms. The second kappa shape index (κ2) is 7.23. The van der Waals surface area contributed by atoms with Gasteiger partial charge in [0.25, 0.3) is 0 Å². The van der Waals surface area contributed by atoms with Crippen LogP contribution in [0.15, 0.2) is 55.0 Å². The number of esters is 1. The van der Waals surface area contributed by atoms with Crippen molar-refractivity contribution in [1.82, 2.24) is 9.55 Å². The van der Waals surface area contributed by atoms with Crippen molar-refractivity contribution in [2.75, 3.05) is 7.11 Å². The maximum atomic E-state index is 14.4. The first-order valence-corrected chi connectivity index (χ1v) is 8.78. The van der Waals surface area contributed by atoms with Crippen LogP contribution in [0, 0.1) is 5.82 Å². The highest BCUT2D eigenvalue weighted by atomic mass is 19.1. The summed E-state index contributed by atoms with van der Waals surface area (Å²) >= 11 is 0. The summed E-state index contributed by atoms with van der Waals surface area (Å²) in [5.41, 5.74) is 2.37. The predicted octanol–water partition coefficient (Wildman–Crippen LogP) is 4.25. The van der Waals surface area contributed by atoms with Gasteiger partial charge in [-0.3, -0.25) is 0 Å². The van der Waals surface area contributed by atoms with Gasteiger partial charge >= 0.3 is 5.97 Å². The molecule has 0 saturated heterocycles. The molecule has 1 saturated carbocycles. The molecule has 6 heteroatoms. The van der Waals surface area contributed by atoms with Crippen LogP contribution >= 0.6 is 0 Å². The van der Waals surface area contributed by atoms with Crippen LogP contribution in [-0.4, -0.2) is 22.6 Å². The summed E-state index contributed by atoms with van der Waals surface area (Å²) in [6, 6.07) is 12.3. The Labute approximate surface area is 156 Å². The second-order valence-corrected chi connectivity index (χ2v) is 6.55. The van der Waals surface area contributed by atoms with Crippen LogP contribution in [0.2, 0.25) is 0 Å². The summed E-state index contributed by atoms with van der Waals surface area (Å²) in [6.07, 6.45) is 5.83. The van der Waals surface area contributed by atoms with E-state index in [1.807, 2.05) is 36.5 Å². The Hall–Kier alpha value is -3.15. The zero-order chi connectivity index (χ0) is 18.8. The van der Waals surface area contributed by atoms with Crippen molar-refractivity contribution in [3.8, 4) is 11.4 Å². The third-order valence-electron chi connectivity index (χ3n) is 4.57. The van der Waals surface area contributed by atoms with Crippen molar-refractivity contribution in [2.45, 2.75) is 25.4 Å². The average molecular weight is 366 g/mol. The van der Waals surface area contributed by atoms with E-state index in [1.54, 1.807) is 10.9 Å². The van der Waals surface area contributed by atoms with Gasteiger partial charge in [-0.1, -0.05) is 30.3 Å². The molecule has 1 aliphatic carbocycles. The Bertz CT molecular complexity index is 965. The molecule has 27 heavy (non-hydrogen) atoms. The fraction of sp³-hybridized carbons (Fsp3) is 0.238. The highest BCUT2D eigenvalue weighted by molar-refractivity contribution is 5.90. The van der Waals surface area contributed by atoms with Crippen LogP contribution in [0.25, 0.3) is 5.69 Å². The number of methoxy groups -OCH3 is 1. The Kier molecular flexibility index (Phi) is 4.62. The van der Waals surface area contributed by atoms with Gasteiger partial charge in [-0.2, -0.15) is 0 Å². The zero-order valence-electron chi connectivity index (χ0n) is 14.9. The predicted molar refractivity (Wildman–Crippen MR) is 97.6 cm³/mol. The number of halogens is 1. The Morgan fingerprint density at radius 2 is 2.04 bits per heavy atom. The molecule has 4 rings (SSSR count). The minimum atomic E-state index is -0.731. The first kappa shape index (κ1) is 17.3. The number of ether oxygens (including phenoxy) is 2. The Morgan fingerprint density at radius 1 is 1.26 bits per heavy atom. The summed E-state index contributed by atoms with van der Waals surface area (Å²) < 4.78 is 26.8. The topological polar surface area (TPSA) is 53.4 Å². The van der Waals surface area contributed by atoms with Gasteiger partial charge in [0, 0.05) is 18.2 Å². The molecule has 0 N–H and O–H groups in total. The fourth-order valence-electron chi connectivity index (χ4n) is 2.92. The quantitative estimate of drug-likeness (QED) is 0.612. The molecule has 138 valence electrons. The maximum Gasteiger partial charge on any atom is 0.340 e. The third kappa shape index (κ3) is 3.69. The lowest BCUT2D eigenvalue weighted by molar-refractivity contribution is 0.0595. The largest absolute Gasteiger partial charge is 0.487 e. The maximum absolute atomic E-state index is 14.4. The normalized spacial score (nSPS) is 13.4. The van der Waals surface area contributed by atoms with Gasteiger partial charge < -0.3 is 14.0 Å². The van der Waals surface area contributed by atoms with E-state index in [0.29, 0.717) is 17.4 Å². The number of imidazole rings is 1. The molecule has 0 bridgehead atoms. The lowest BCUT2D eigenvalue weighted by atomic mass is 10.1. The van der Waals surface area contributed by atoms with Gasteiger partial charge in [0.2, 0.25) is 0 Å². The van der Waals surface area contributed by atoms with Gasteiger partial charge in [-0.05, 0) is 24.5 Å². The smallest absolute Gasteiger partial charge is 0.340 e. The molecular weight excluding hydrogens is 347 g/mol. The second-order valence-electron chi connectivity index (χ2n) is 6.55. The SMILES string of the molecule is COC(=O)c1cc(-n2cnc(C3CC3)c2)c(OCc2ccccc2)cc1F. The van der Waals surface area contributed by atoms with Crippen molar-refractivity contribution in [3.63, 3.8) is 0 Å². The number of carbonyl (C=O) groups is 1. The van der Waals surface area contributed by atoms with Crippen molar-refractivity contribution in [3.05, 3.63) is 77.6 Å². The average Bonchev–Trinajstić information content (AvgIpc) is 3.44. The van der Waals surface area contributed by atoms with Gasteiger partial charge in [-0.15, -0.1) is 0 Å². The lowest BCUT2D eigenvalue weighted by Crippen LogP contribution is -2.08. The summed E-state index contributed by atoms with van der Waals surface area (Å²) in [4.78, 5) is 16.3.